The molecular formula is C41H60ClFN4O7Si2. The Kier molecular flexibility index (Phi) is 12.7. The van der Waals surface area contributed by atoms with Crippen LogP contribution in [0.3, 0.4) is 0 Å². The van der Waals surface area contributed by atoms with E-state index >= 15 is 4.39 Å². The van der Waals surface area contributed by atoms with Crippen molar-refractivity contribution in [2.24, 2.45) is 0 Å². The van der Waals surface area contributed by atoms with Gasteiger partial charge in [0.2, 0.25) is 0 Å². The standard InChI is InChI=1S/C41H60ClFN4O7Si2/c1-41(2,3)56(7,8)54-33-24-52-36-32(23-51-37(33)36)53-40-45-31-22-28(42)38(46-39(31)47(40)25-48-18-19-55(4,5)6)44-30-15-14-27-20-26(21-29(43)35(27)30)12-11-17-50-34-13-9-10-16-49-34/h11-12,20-22,30,32-34,36-37H,9-10,13-19,23-25H2,1-8H3,(H,44,46)/b12-11+/t30-,32+,33+,34?,36+,37+/m0/s1. The molecule has 7 rings (SSSR count). The van der Waals surface area contributed by atoms with Gasteiger partial charge in [0.25, 0.3) is 0 Å². The smallest absolute Gasteiger partial charge is 0.301 e. The summed E-state index contributed by atoms with van der Waals surface area (Å²) >= 11 is 6.87. The molecule has 3 saturated heterocycles. The Hall–Kier alpha value is -2.41. The summed E-state index contributed by atoms with van der Waals surface area (Å²) in [6.45, 7) is 20.9. The fraction of sp³-hybridized carbons (Fsp3) is 0.659. The molecule has 0 bridgehead atoms. The molecule has 2 aromatic heterocycles. The van der Waals surface area contributed by atoms with Crippen molar-refractivity contribution in [2.45, 2.75) is 140 Å². The maximum atomic E-state index is 15.8. The zero-order chi connectivity index (χ0) is 39.8. The van der Waals surface area contributed by atoms with Gasteiger partial charge in [-0.05, 0) is 79.5 Å². The van der Waals surface area contributed by atoms with E-state index in [0.717, 1.165) is 49.5 Å². The van der Waals surface area contributed by atoms with Crippen LogP contribution < -0.4 is 10.1 Å². The summed E-state index contributed by atoms with van der Waals surface area (Å²) in [7, 11) is -3.37. The van der Waals surface area contributed by atoms with Crippen LogP contribution in [0.4, 0.5) is 10.2 Å². The second-order valence-electron chi connectivity index (χ2n) is 18.3. The molecule has 15 heteroatoms. The van der Waals surface area contributed by atoms with Crippen LogP contribution in [0.15, 0.2) is 24.3 Å². The van der Waals surface area contributed by atoms with Crippen molar-refractivity contribution in [3.8, 4) is 6.01 Å². The van der Waals surface area contributed by atoms with Gasteiger partial charge in [0.1, 0.15) is 36.1 Å². The quantitative estimate of drug-likeness (QED) is 0.118. The summed E-state index contributed by atoms with van der Waals surface area (Å²) in [6, 6.07) is 6.48. The van der Waals surface area contributed by atoms with Crippen molar-refractivity contribution in [3.63, 3.8) is 0 Å². The third kappa shape index (κ3) is 9.55. The number of hydrogen-bond acceptors (Lipinski definition) is 10. The molecule has 56 heavy (non-hydrogen) atoms. The first kappa shape index (κ1) is 41.7. The number of aromatic nitrogens is 3. The highest BCUT2D eigenvalue weighted by molar-refractivity contribution is 6.76. The zero-order valence-electron chi connectivity index (χ0n) is 34.3. The summed E-state index contributed by atoms with van der Waals surface area (Å²) in [5, 5.41) is 3.92. The summed E-state index contributed by atoms with van der Waals surface area (Å²) in [5.41, 5.74) is 3.54. The number of nitrogens with one attached hydrogen (secondary N) is 1. The van der Waals surface area contributed by atoms with Gasteiger partial charge >= 0.3 is 6.01 Å². The molecule has 1 unspecified atom stereocenters. The average molecular weight is 832 g/mol. The highest BCUT2D eigenvalue weighted by Crippen LogP contribution is 2.42. The van der Waals surface area contributed by atoms with Gasteiger partial charge in [-0.3, -0.25) is 4.57 Å². The lowest BCUT2D eigenvalue weighted by Gasteiger charge is -2.39. The lowest BCUT2D eigenvalue weighted by molar-refractivity contribution is -0.155. The van der Waals surface area contributed by atoms with Gasteiger partial charge in [0.05, 0.1) is 37.0 Å². The average Bonchev–Trinajstić information content (AvgIpc) is 3.90. The van der Waals surface area contributed by atoms with E-state index in [4.69, 9.17) is 54.4 Å². The molecule has 1 aromatic carbocycles. The number of imidazole rings is 1. The number of fused-ring (bicyclic) bond motifs is 3. The van der Waals surface area contributed by atoms with Gasteiger partial charge in [-0.15, -0.1) is 0 Å². The van der Waals surface area contributed by atoms with Gasteiger partial charge in [0.15, 0.2) is 26.4 Å². The summed E-state index contributed by atoms with van der Waals surface area (Å²) in [6.07, 6.45) is 7.14. The van der Waals surface area contributed by atoms with E-state index in [1.165, 1.54) is 0 Å². The highest BCUT2D eigenvalue weighted by atomic mass is 35.5. The van der Waals surface area contributed by atoms with E-state index in [9.17, 15) is 0 Å². The van der Waals surface area contributed by atoms with Crippen molar-refractivity contribution in [1.29, 1.82) is 0 Å². The molecule has 1 N–H and O–H groups in total. The second-order valence-corrected chi connectivity index (χ2v) is 29.1. The van der Waals surface area contributed by atoms with Crippen LogP contribution in [-0.2, 0) is 41.3 Å². The molecule has 308 valence electrons. The Labute approximate surface area is 338 Å². The third-order valence-electron chi connectivity index (χ3n) is 11.8. The number of hydrogen-bond donors (Lipinski definition) is 1. The maximum absolute atomic E-state index is 15.8. The minimum absolute atomic E-state index is 0.0679. The molecule has 3 fully saturated rings. The first-order chi connectivity index (χ1) is 26.6. The first-order valence-corrected chi connectivity index (χ1v) is 27.3. The van der Waals surface area contributed by atoms with Crippen molar-refractivity contribution >= 4 is 51.0 Å². The van der Waals surface area contributed by atoms with Crippen LogP contribution in [0.25, 0.3) is 17.2 Å². The molecule has 1 aliphatic carbocycles. The monoisotopic (exact) mass is 830 g/mol. The fourth-order valence-corrected chi connectivity index (χ4v) is 9.77. The van der Waals surface area contributed by atoms with E-state index in [-0.39, 0.29) is 48.2 Å². The summed E-state index contributed by atoms with van der Waals surface area (Å²) in [5.74, 6) is 0.192. The molecule has 6 atom stereocenters. The minimum atomic E-state index is -2.04. The normalized spacial score (nSPS) is 25.7. The Morgan fingerprint density at radius 1 is 1.00 bits per heavy atom. The number of ether oxygens (including phenoxy) is 6. The van der Waals surface area contributed by atoms with Gasteiger partial charge in [-0.2, -0.15) is 4.98 Å². The molecule has 0 spiro atoms. The van der Waals surface area contributed by atoms with E-state index in [1.54, 1.807) is 12.1 Å². The third-order valence-corrected chi connectivity index (χ3v) is 18.2. The topological polar surface area (TPSA) is 107 Å². The largest absolute Gasteiger partial charge is 0.456 e. The van der Waals surface area contributed by atoms with Crippen LogP contribution in [0, 0.1) is 5.82 Å². The van der Waals surface area contributed by atoms with Crippen LogP contribution in [0.2, 0.25) is 48.8 Å². The zero-order valence-corrected chi connectivity index (χ0v) is 37.0. The number of pyridine rings is 1. The number of benzene rings is 1. The Morgan fingerprint density at radius 3 is 2.50 bits per heavy atom. The SMILES string of the molecule is CC(C)(C)[Si](C)(C)O[C@@H]1CO[C@H]2[C@@H]1OC[C@H]2Oc1nc2cc(Cl)c(N[C@H]3CCc4cc(/C=C/COC5CCCCO5)cc(F)c43)nc2n1COCC[Si](C)(C)C. The molecular weight excluding hydrogens is 771 g/mol. The number of aryl methyl sites for hydroxylation is 1. The number of halogens is 2. The number of nitrogens with zero attached hydrogens (tertiary/aromatic N) is 3. The molecule has 0 saturated carbocycles. The molecule has 3 aliphatic heterocycles. The maximum Gasteiger partial charge on any atom is 0.301 e. The van der Waals surface area contributed by atoms with E-state index < -0.39 is 22.5 Å². The Morgan fingerprint density at radius 2 is 1.77 bits per heavy atom. The lowest BCUT2D eigenvalue weighted by Crippen LogP contribution is -2.47. The molecule has 0 amide bonds. The van der Waals surface area contributed by atoms with Crippen LogP contribution in [0.5, 0.6) is 6.01 Å². The molecule has 4 aliphatic rings. The van der Waals surface area contributed by atoms with Crippen LogP contribution >= 0.6 is 11.6 Å². The number of rotatable bonds is 15. The molecule has 0 radical (unpaired) electrons. The van der Waals surface area contributed by atoms with Crippen molar-refractivity contribution < 1.29 is 37.2 Å². The molecule has 5 heterocycles. The first-order valence-electron chi connectivity index (χ1n) is 20.3. The molecule has 3 aromatic rings. The Bertz CT molecular complexity index is 1880. The highest BCUT2D eigenvalue weighted by Gasteiger charge is 2.52. The summed E-state index contributed by atoms with van der Waals surface area (Å²) < 4.78 is 61.2. The van der Waals surface area contributed by atoms with Gasteiger partial charge in [0, 0.05) is 26.9 Å². The molecule has 11 nitrogen and oxygen atoms in total. The van der Waals surface area contributed by atoms with E-state index in [2.05, 4.69) is 64.9 Å². The van der Waals surface area contributed by atoms with Crippen LogP contribution in [-0.4, -0.2) is 94.7 Å². The van der Waals surface area contributed by atoms with Gasteiger partial charge < -0.3 is 38.2 Å². The van der Waals surface area contributed by atoms with E-state index in [0.29, 0.717) is 66.4 Å². The Balaban J connectivity index is 1.08. The van der Waals surface area contributed by atoms with E-state index in [1.807, 2.05) is 16.7 Å². The van der Waals surface area contributed by atoms with Crippen molar-refractivity contribution in [1.82, 2.24) is 14.5 Å². The number of anilines is 1. The van der Waals surface area contributed by atoms with Crippen molar-refractivity contribution in [2.75, 3.05) is 38.4 Å². The van der Waals surface area contributed by atoms with Crippen LogP contribution in [0.1, 0.15) is 69.2 Å². The predicted molar refractivity (Wildman–Crippen MR) is 222 cm³/mol. The van der Waals surface area contributed by atoms with Crippen molar-refractivity contribution in [3.05, 3.63) is 51.8 Å². The predicted octanol–water partition coefficient (Wildman–Crippen LogP) is 9.13. The minimum Gasteiger partial charge on any atom is -0.456 e. The second kappa shape index (κ2) is 17.1. The van der Waals surface area contributed by atoms with Gasteiger partial charge in [-0.25, -0.2) is 9.37 Å². The fourth-order valence-electron chi connectivity index (χ4n) is 7.50. The lowest BCUT2D eigenvalue weighted by atomic mass is 10.0. The van der Waals surface area contributed by atoms with Gasteiger partial charge in [-0.1, -0.05) is 70.2 Å². The summed E-state index contributed by atoms with van der Waals surface area (Å²) in [4.78, 5) is 9.84.